The van der Waals surface area contributed by atoms with Gasteiger partial charge in [-0.05, 0) is 34.7 Å². The molecule has 1 N–H and O–H groups in total. The largest absolute Gasteiger partial charge is 0.345 e. The molecule has 0 amide bonds. The predicted octanol–water partition coefficient (Wildman–Crippen LogP) is 3.58. The van der Waals surface area contributed by atoms with E-state index in [0.29, 0.717) is 23.2 Å². The first-order valence-electron chi connectivity index (χ1n) is 6.20. The van der Waals surface area contributed by atoms with Gasteiger partial charge < -0.3 is 4.98 Å². The van der Waals surface area contributed by atoms with Gasteiger partial charge in [0.1, 0.15) is 17.0 Å². The normalized spacial score (nSPS) is 10.9. The number of hydrogen-bond acceptors (Lipinski definition) is 4. The quantitative estimate of drug-likeness (QED) is 0.298. The number of rotatable bonds is 3. The van der Waals surface area contributed by atoms with Crippen molar-refractivity contribution < 1.29 is 18.5 Å². The Morgan fingerprint density at radius 2 is 2.09 bits per heavy atom. The zero-order valence-corrected chi connectivity index (χ0v) is 13.3. The maximum absolute atomic E-state index is 14.2. The highest BCUT2D eigenvalue weighted by Crippen LogP contribution is 2.28. The summed E-state index contributed by atoms with van der Waals surface area (Å²) in [6.45, 7) is 0. The molecule has 0 radical (unpaired) electrons. The minimum Gasteiger partial charge on any atom is -0.345 e. The summed E-state index contributed by atoms with van der Waals surface area (Å²) in [5.74, 6) is -3.64. The van der Waals surface area contributed by atoms with Gasteiger partial charge in [0.25, 0.3) is 0 Å². The number of ketones is 1. The van der Waals surface area contributed by atoms with Crippen molar-refractivity contribution >= 4 is 45.1 Å². The van der Waals surface area contributed by atoms with E-state index in [1.165, 1.54) is 6.20 Å². The lowest BCUT2D eigenvalue weighted by molar-refractivity contribution is -0.387. The van der Waals surface area contributed by atoms with Gasteiger partial charge in [-0.3, -0.25) is 14.9 Å². The molecule has 0 aliphatic carbocycles. The van der Waals surface area contributed by atoms with Crippen molar-refractivity contribution in [1.29, 1.82) is 0 Å². The number of fused-ring (bicyclic) bond motifs is 1. The Bertz CT molecular complexity index is 971. The fourth-order valence-corrected chi connectivity index (χ4v) is 2.64. The molecule has 2 aromatic heterocycles. The van der Waals surface area contributed by atoms with Gasteiger partial charge in [0.2, 0.25) is 11.6 Å². The van der Waals surface area contributed by atoms with Gasteiger partial charge in [0, 0.05) is 33.0 Å². The number of nitrogens with one attached hydrogen (secondary N) is 1. The third kappa shape index (κ3) is 2.56. The van der Waals surface area contributed by atoms with Crippen LogP contribution in [0.15, 0.2) is 30.6 Å². The molecule has 3 aromatic rings. The van der Waals surface area contributed by atoms with Crippen LogP contribution in [0.5, 0.6) is 0 Å². The molecule has 0 spiro atoms. The second kappa shape index (κ2) is 5.65. The van der Waals surface area contributed by atoms with Crippen LogP contribution < -0.4 is 0 Å². The Labute approximate surface area is 140 Å². The number of hydrogen-bond donors (Lipinski definition) is 1. The van der Waals surface area contributed by atoms with E-state index in [0.717, 1.165) is 3.57 Å². The summed E-state index contributed by atoms with van der Waals surface area (Å²) >= 11 is 1.98. The number of pyridine rings is 1. The topological polar surface area (TPSA) is 88.9 Å². The van der Waals surface area contributed by atoms with Crippen LogP contribution in [0.2, 0.25) is 0 Å². The van der Waals surface area contributed by atoms with E-state index in [4.69, 9.17) is 0 Å². The Morgan fingerprint density at radius 3 is 2.78 bits per heavy atom. The van der Waals surface area contributed by atoms with E-state index in [2.05, 4.69) is 9.97 Å². The predicted molar refractivity (Wildman–Crippen MR) is 85.3 cm³/mol. The lowest BCUT2D eigenvalue weighted by atomic mass is 10.0. The number of H-pyrrole nitrogens is 1. The summed E-state index contributed by atoms with van der Waals surface area (Å²) in [7, 11) is 0. The Morgan fingerprint density at radius 1 is 1.35 bits per heavy atom. The molecule has 2 heterocycles. The molecular formula is C14H6F2IN3O3. The molecule has 0 fully saturated rings. The molecular weight excluding hydrogens is 423 g/mol. The summed E-state index contributed by atoms with van der Waals surface area (Å²) in [5.41, 5.74) is -1.55. The number of carbonyl (C=O) groups excluding carboxylic acids is 1. The van der Waals surface area contributed by atoms with Gasteiger partial charge in [-0.2, -0.15) is 4.39 Å². The smallest absolute Gasteiger partial charge is 0.305 e. The molecule has 9 heteroatoms. The molecule has 1 aromatic carbocycles. The monoisotopic (exact) mass is 429 g/mol. The fraction of sp³-hybridized carbons (Fsp3) is 0. The third-order valence-corrected chi connectivity index (χ3v) is 3.83. The van der Waals surface area contributed by atoms with E-state index in [1.54, 1.807) is 12.3 Å². The second-order valence-electron chi connectivity index (χ2n) is 4.59. The SMILES string of the molecule is O=C(c1c(F)ccc([N+](=O)[O-])c1F)c1c[nH]c2ncc(I)cc12. The molecule has 0 bridgehead atoms. The molecule has 3 rings (SSSR count). The van der Waals surface area contributed by atoms with Crippen LogP contribution in [0.1, 0.15) is 15.9 Å². The van der Waals surface area contributed by atoms with Crippen molar-refractivity contribution in [3.8, 4) is 0 Å². The van der Waals surface area contributed by atoms with Crippen molar-refractivity contribution in [2.45, 2.75) is 0 Å². The molecule has 0 aliphatic rings. The van der Waals surface area contributed by atoms with Crippen LogP contribution in [0.4, 0.5) is 14.5 Å². The standard InChI is InChI=1S/C14H6F2IN3O3/c15-9-1-2-10(20(22)23)12(16)11(9)13(21)8-5-19-14-7(8)3-6(17)4-18-14/h1-5H,(H,18,19). The van der Waals surface area contributed by atoms with E-state index in [1.807, 2.05) is 22.6 Å². The van der Waals surface area contributed by atoms with E-state index in [-0.39, 0.29) is 5.56 Å². The lowest BCUT2D eigenvalue weighted by Gasteiger charge is -2.04. The van der Waals surface area contributed by atoms with E-state index < -0.39 is 33.6 Å². The van der Waals surface area contributed by atoms with Crippen LogP contribution >= 0.6 is 22.6 Å². The first kappa shape index (κ1) is 15.5. The lowest BCUT2D eigenvalue weighted by Crippen LogP contribution is -2.09. The molecule has 0 saturated heterocycles. The fourth-order valence-electron chi connectivity index (χ4n) is 2.19. The van der Waals surface area contributed by atoms with Crippen LogP contribution in [0.25, 0.3) is 11.0 Å². The number of nitro benzene ring substituents is 1. The number of aromatic nitrogens is 2. The summed E-state index contributed by atoms with van der Waals surface area (Å²) in [5, 5.41) is 11.1. The Kier molecular flexibility index (Phi) is 3.80. The van der Waals surface area contributed by atoms with Gasteiger partial charge >= 0.3 is 5.69 Å². The highest BCUT2D eigenvalue weighted by Gasteiger charge is 2.28. The number of benzene rings is 1. The zero-order valence-electron chi connectivity index (χ0n) is 11.1. The summed E-state index contributed by atoms with van der Waals surface area (Å²) < 4.78 is 28.8. The average molecular weight is 429 g/mol. The number of nitrogens with zero attached hydrogens (tertiary/aromatic N) is 2. The highest BCUT2D eigenvalue weighted by molar-refractivity contribution is 14.1. The number of halogens is 3. The maximum atomic E-state index is 14.2. The zero-order chi connectivity index (χ0) is 16.7. The molecule has 0 saturated carbocycles. The van der Waals surface area contributed by atoms with E-state index in [9.17, 15) is 23.7 Å². The van der Waals surface area contributed by atoms with E-state index >= 15 is 0 Å². The Balaban J connectivity index is 2.22. The molecule has 0 unspecified atom stereocenters. The average Bonchev–Trinajstić information content (AvgIpc) is 2.89. The van der Waals surface area contributed by atoms with Gasteiger partial charge in [-0.25, -0.2) is 9.37 Å². The first-order chi connectivity index (χ1) is 10.9. The summed E-state index contributed by atoms with van der Waals surface area (Å²) in [4.78, 5) is 29.0. The molecule has 116 valence electrons. The second-order valence-corrected chi connectivity index (χ2v) is 5.84. The number of aromatic amines is 1. The third-order valence-electron chi connectivity index (χ3n) is 3.24. The maximum Gasteiger partial charge on any atom is 0.305 e. The van der Waals surface area contributed by atoms with Gasteiger partial charge in [-0.1, -0.05) is 0 Å². The van der Waals surface area contributed by atoms with Crippen molar-refractivity contribution in [3.05, 3.63) is 67.0 Å². The highest BCUT2D eigenvalue weighted by atomic mass is 127. The molecule has 0 aliphatic heterocycles. The Hall–Kier alpha value is -2.43. The summed E-state index contributed by atoms with van der Waals surface area (Å²) in [6.07, 6.45) is 2.83. The first-order valence-corrected chi connectivity index (χ1v) is 7.27. The molecule has 0 atom stereocenters. The minimum atomic E-state index is -1.49. The molecule has 23 heavy (non-hydrogen) atoms. The number of carbonyl (C=O) groups is 1. The van der Waals surface area contributed by atoms with Gasteiger partial charge in [0.05, 0.1) is 4.92 Å². The van der Waals surface area contributed by atoms with Crippen LogP contribution in [0.3, 0.4) is 0 Å². The van der Waals surface area contributed by atoms with Gasteiger partial charge in [0.15, 0.2) is 0 Å². The van der Waals surface area contributed by atoms with Crippen LogP contribution in [-0.2, 0) is 0 Å². The van der Waals surface area contributed by atoms with Crippen molar-refractivity contribution in [1.82, 2.24) is 9.97 Å². The number of nitro groups is 1. The van der Waals surface area contributed by atoms with Crippen molar-refractivity contribution in [2.24, 2.45) is 0 Å². The van der Waals surface area contributed by atoms with Crippen molar-refractivity contribution in [3.63, 3.8) is 0 Å². The minimum absolute atomic E-state index is 0.00989. The van der Waals surface area contributed by atoms with Crippen LogP contribution in [0, 0.1) is 25.3 Å². The molecule has 6 nitrogen and oxygen atoms in total. The summed E-state index contributed by atoms with van der Waals surface area (Å²) in [6, 6.07) is 3.01. The van der Waals surface area contributed by atoms with Crippen LogP contribution in [-0.4, -0.2) is 20.7 Å². The van der Waals surface area contributed by atoms with Gasteiger partial charge in [-0.15, -0.1) is 0 Å². The van der Waals surface area contributed by atoms with Crippen molar-refractivity contribution in [2.75, 3.05) is 0 Å².